The Balaban J connectivity index is 1.32. The normalized spacial score (nSPS) is 16.5. The molecule has 0 aliphatic carbocycles. The Morgan fingerprint density at radius 2 is 1.96 bits per heavy atom. The maximum Gasteiger partial charge on any atom is 0.243 e. The monoisotopic (exact) mass is 418 g/mol. The molecule has 9 heteroatoms. The summed E-state index contributed by atoms with van der Waals surface area (Å²) in [4.78, 5) is 18.1. The van der Waals surface area contributed by atoms with Crippen LogP contribution in [-0.2, 0) is 21.4 Å². The Kier molecular flexibility index (Phi) is 5.22. The summed E-state index contributed by atoms with van der Waals surface area (Å²) in [6.07, 6.45) is 4.88. The van der Waals surface area contributed by atoms with Gasteiger partial charge < -0.3 is 5.32 Å². The van der Waals surface area contributed by atoms with Gasteiger partial charge >= 0.3 is 0 Å². The molecule has 28 heavy (non-hydrogen) atoms. The van der Waals surface area contributed by atoms with Gasteiger partial charge in [0, 0.05) is 36.8 Å². The molecule has 0 radical (unpaired) electrons. The molecular weight excluding hydrogens is 396 g/mol. The lowest BCUT2D eigenvalue weighted by atomic mass is 9.97. The van der Waals surface area contributed by atoms with Crippen molar-refractivity contribution in [3.8, 4) is 0 Å². The zero-order valence-corrected chi connectivity index (χ0v) is 17.2. The maximum absolute atomic E-state index is 12.8. The Hall–Kier alpha value is -2.23. The van der Waals surface area contributed by atoms with Crippen LogP contribution in [0.4, 0.5) is 0 Å². The number of thiazole rings is 1. The van der Waals surface area contributed by atoms with Crippen LogP contribution in [0.1, 0.15) is 24.1 Å². The van der Waals surface area contributed by atoms with Crippen LogP contribution < -0.4 is 5.32 Å². The van der Waals surface area contributed by atoms with E-state index in [2.05, 4.69) is 10.3 Å². The summed E-state index contributed by atoms with van der Waals surface area (Å²) in [5.74, 6) is -0.211. The van der Waals surface area contributed by atoms with E-state index in [0.717, 1.165) is 16.2 Å². The average molecular weight is 419 g/mol. The Bertz CT molecular complexity index is 1050. The first-order valence-electron chi connectivity index (χ1n) is 9.19. The molecule has 0 saturated carbocycles. The lowest BCUT2D eigenvalue weighted by Gasteiger charge is -2.30. The molecule has 0 spiro atoms. The maximum atomic E-state index is 12.8. The van der Waals surface area contributed by atoms with E-state index in [1.807, 2.05) is 29.1 Å². The van der Waals surface area contributed by atoms with Crippen LogP contribution in [0, 0.1) is 12.8 Å². The number of carbonyl (C=O) groups is 1. The van der Waals surface area contributed by atoms with E-state index in [0.29, 0.717) is 37.4 Å². The van der Waals surface area contributed by atoms with Gasteiger partial charge in [0.15, 0.2) is 4.96 Å². The van der Waals surface area contributed by atoms with Crippen LogP contribution >= 0.6 is 11.3 Å². The minimum absolute atomic E-state index is 0.0382. The van der Waals surface area contributed by atoms with Crippen LogP contribution in [0.3, 0.4) is 0 Å². The van der Waals surface area contributed by atoms with Gasteiger partial charge in [-0.15, -0.1) is 11.3 Å². The lowest BCUT2D eigenvalue weighted by Crippen LogP contribution is -2.42. The van der Waals surface area contributed by atoms with Gasteiger partial charge in [0.25, 0.3) is 0 Å². The highest BCUT2D eigenvalue weighted by Crippen LogP contribution is 2.24. The van der Waals surface area contributed by atoms with Gasteiger partial charge in [-0.1, -0.05) is 17.7 Å². The minimum atomic E-state index is -3.50. The van der Waals surface area contributed by atoms with E-state index >= 15 is 0 Å². The van der Waals surface area contributed by atoms with Crippen molar-refractivity contribution < 1.29 is 13.2 Å². The van der Waals surface area contributed by atoms with Gasteiger partial charge in [0.05, 0.1) is 17.1 Å². The summed E-state index contributed by atoms with van der Waals surface area (Å²) in [6.45, 7) is 3.02. The second-order valence-electron chi connectivity index (χ2n) is 7.03. The number of nitrogens with zero attached hydrogens (tertiary/aromatic N) is 3. The van der Waals surface area contributed by atoms with Gasteiger partial charge in [0.1, 0.15) is 0 Å². The Labute approximate surface area is 168 Å². The van der Waals surface area contributed by atoms with Gasteiger partial charge in [-0.3, -0.25) is 9.20 Å². The number of sulfonamides is 1. The summed E-state index contributed by atoms with van der Waals surface area (Å²) in [6, 6.07) is 6.87. The summed E-state index contributed by atoms with van der Waals surface area (Å²) in [5, 5.41) is 4.89. The van der Waals surface area contributed by atoms with Gasteiger partial charge in [0.2, 0.25) is 15.9 Å². The van der Waals surface area contributed by atoms with E-state index < -0.39 is 10.0 Å². The fourth-order valence-corrected chi connectivity index (χ4v) is 5.59. The standard InChI is InChI=1S/C19H22N4O3S2/c1-14-2-4-17(5-3-14)28(25,26)23-8-6-15(7-9-23)18(24)20-12-16-13-22-10-11-27-19(22)21-16/h2-5,10-11,13,15H,6-9,12H2,1H3,(H,20,24). The number of imidazole rings is 1. The molecule has 1 aliphatic rings. The number of nitrogens with one attached hydrogen (secondary N) is 1. The van der Waals surface area contributed by atoms with Crippen molar-refractivity contribution in [1.29, 1.82) is 0 Å². The second kappa shape index (κ2) is 7.65. The number of rotatable bonds is 5. The summed E-state index contributed by atoms with van der Waals surface area (Å²) < 4.78 is 28.9. The SMILES string of the molecule is Cc1ccc(S(=O)(=O)N2CCC(C(=O)NCc3cn4ccsc4n3)CC2)cc1. The summed E-state index contributed by atoms with van der Waals surface area (Å²) in [5.41, 5.74) is 1.84. The fraction of sp³-hybridized carbons (Fsp3) is 0.368. The van der Waals surface area contributed by atoms with Crippen LogP contribution in [0.5, 0.6) is 0 Å². The fourth-order valence-electron chi connectivity index (χ4n) is 3.40. The smallest absolute Gasteiger partial charge is 0.243 e. The first kappa shape index (κ1) is 19.1. The molecule has 1 fully saturated rings. The molecule has 1 saturated heterocycles. The first-order valence-corrected chi connectivity index (χ1v) is 11.5. The quantitative estimate of drug-likeness (QED) is 0.690. The molecule has 3 aromatic rings. The first-order chi connectivity index (χ1) is 13.4. The highest BCUT2D eigenvalue weighted by molar-refractivity contribution is 7.89. The predicted molar refractivity (Wildman–Crippen MR) is 108 cm³/mol. The van der Waals surface area contributed by atoms with Crippen LogP contribution in [-0.4, -0.2) is 41.1 Å². The van der Waals surface area contributed by atoms with Crippen molar-refractivity contribution in [2.75, 3.05) is 13.1 Å². The average Bonchev–Trinajstić information content (AvgIpc) is 3.28. The highest BCUT2D eigenvalue weighted by atomic mass is 32.2. The molecule has 2 aromatic heterocycles. The number of hydrogen-bond acceptors (Lipinski definition) is 5. The molecule has 148 valence electrons. The van der Waals surface area contributed by atoms with E-state index in [9.17, 15) is 13.2 Å². The van der Waals surface area contributed by atoms with Crippen molar-refractivity contribution in [2.24, 2.45) is 5.92 Å². The molecule has 1 aromatic carbocycles. The van der Waals surface area contributed by atoms with Crippen molar-refractivity contribution in [1.82, 2.24) is 19.0 Å². The molecule has 7 nitrogen and oxygen atoms in total. The third kappa shape index (κ3) is 3.82. The number of piperidine rings is 1. The summed E-state index contributed by atoms with van der Waals surface area (Å²) >= 11 is 1.55. The van der Waals surface area contributed by atoms with Crippen LogP contribution in [0.25, 0.3) is 4.96 Å². The zero-order valence-electron chi connectivity index (χ0n) is 15.5. The molecule has 0 atom stereocenters. The topological polar surface area (TPSA) is 83.8 Å². The Morgan fingerprint density at radius 3 is 2.64 bits per heavy atom. The number of aromatic nitrogens is 2. The minimum Gasteiger partial charge on any atom is -0.350 e. The van der Waals surface area contributed by atoms with Crippen LogP contribution in [0.2, 0.25) is 0 Å². The van der Waals surface area contributed by atoms with E-state index in [1.165, 1.54) is 4.31 Å². The number of benzene rings is 1. The molecule has 1 aliphatic heterocycles. The molecule has 1 N–H and O–H groups in total. The predicted octanol–water partition coefficient (Wildman–Crippen LogP) is 2.42. The van der Waals surface area contributed by atoms with Crippen LogP contribution in [0.15, 0.2) is 46.9 Å². The van der Waals surface area contributed by atoms with Crippen molar-refractivity contribution in [3.63, 3.8) is 0 Å². The Morgan fingerprint density at radius 1 is 1.25 bits per heavy atom. The van der Waals surface area contributed by atoms with Gasteiger partial charge in [-0.2, -0.15) is 4.31 Å². The van der Waals surface area contributed by atoms with Crippen molar-refractivity contribution >= 4 is 32.2 Å². The molecule has 3 heterocycles. The molecular formula is C19H22N4O3S2. The number of hydrogen-bond donors (Lipinski definition) is 1. The van der Waals surface area contributed by atoms with Crippen molar-refractivity contribution in [2.45, 2.75) is 31.2 Å². The number of fused-ring (bicyclic) bond motifs is 1. The molecule has 0 unspecified atom stereocenters. The van der Waals surface area contributed by atoms with E-state index in [4.69, 9.17) is 0 Å². The number of aryl methyl sites for hydroxylation is 1. The zero-order chi connectivity index (χ0) is 19.7. The van der Waals surface area contributed by atoms with E-state index in [-0.39, 0.29) is 11.8 Å². The largest absolute Gasteiger partial charge is 0.350 e. The second-order valence-corrected chi connectivity index (χ2v) is 9.85. The van der Waals surface area contributed by atoms with Gasteiger partial charge in [-0.05, 0) is 31.9 Å². The molecule has 1 amide bonds. The number of amides is 1. The van der Waals surface area contributed by atoms with Gasteiger partial charge in [-0.25, -0.2) is 13.4 Å². The third-order valence-corrected chi connectivity index (χ3v) is 7.75. The van der Waals surface area contributed by atoms with E-state index in [1.54, 1.807) is 35.6 Å². The highest BCUT2D eigenvalue weighted by Gasteiger charge is 2.32. The summed E-state index contributed by atoms with van der Waals surface area (Å²) in [7, 11) is -3.50. The van der Waals surface area contributed by atoms with Crippen molar-refractivity contribution in [3.05, 3.63) is 53.3 Å². The lowest BCUT2D eigenvalue weighted by molar-refractivity contribution is -0.126. The number of carbonyl (C=O) groups excluding carboxylic acids is 1. The molecule has 4 rings (SSSR count). The molecule has 0 bridgehead atoms. The third-order valence-electron chi connectivity index (χ3n) is 5.07.